The summed E-state index contributed by atoms with van der Waals surface area (Å²) < 4.78 is 0. The molecule has 3 heteroatoms. The average molecular weight is 344 g/mol. The minimum Gasteiger partial charge on any atom is -0.389 e. The Hall–Kier alpha value is -0.960. The van der Waals surface area contributed by atoms with E-state index in [1.54, 1.807) is 6.92 Å². The molecule has 138 valence electrons. The number of carbonyl (C=O) groups excluding carboxylic acids is 2. The first-order valence-corrected chi connectivity index (χ1v) is 10.1. The highest BCUT2D eigenvalue weighted by Crippen LogP contribution is 2.67. The molecule has 1 N–H and O–H groups in total. The van der Waals surface area contributed by atoms with Crippen LogP contribution in [0.5, 0.6) is 0 Å². The van der Waals surface area contributed by atoms with Gasteiger partial charge in [0.1, 0.15) is 11.6 Å². The van der Waals surface area contributed by atoms with Gasteiger partial charge in [-0.2, -0.15) is 0 Å². The smallest absolute Gasteiger partial charge is 0.139 e. The first kappa shape index (κ1) is 17.5. The van der Waals surface area contributed by atoms with Gasteiger partial charge < -0.3 is 5.11 Å². The molecule has 0 spiro atoms. The summed E-state index contributed by atoms with van der Waals surface area (Å²) >= 11 is 0. The maximum absolute atomic E-state index is 12.2. The second-order valence-corrected chi connectivity index (χ2v) is 10.00. The molecule has 0 aromatic heterocycles. The SMILES string of the molecule is CC(=O)[C@H]1CC[C@H]2[C@@H]3CC=C4CC(=O)CC(C)(O)[C@]4(C)[C@H]3CC[C@]12C. The predicted octanol–water partition coefficient (Wildman–Crippen LogP) is 4.08. The largest absolute Gasteiger partial charge is 0.389 e. The van der Waals surface area contributed by atoms with Crippen molar-refractivity contribution >= 4 is 11.6 Å². The number of rotatable bonds is 1. The van der Waals surface area contributed by atoms with Crippen molar-refractivity contribution < 1.29 is 14.7 Å². The fraction of sp³-hybridized carbons (Fsp3) is 0.818. The summed E-state index contributed by atoms with van der Waals surface area (Å²) in [6.45, 7) is 8.20. The molecule has 3 saturated carbocycles. The summed E-state index contributed by atoms with van der Waals surface area (Å²) in [5.41, 5.74) is 0.0636. The molecule has 7 atom stereocenters. The third-order valence-corrected chi connectivity index (χ3v) is 9.02. The van der Waals surface area contributed by atoms with Gasteiger partial charge in [0.2, 0.25) is 0 Å². The molecular formula is C22H32O3. The van der Waals surface area contributed by atoms with E-state index in [2.05, 4.69) is 19.9 Å². The second-order valence-electron chi connectivity index (χ2n) is 10.00. The Morgan fingerprint density at radius 3 is 2.56 bits per heavy atom. The molecule has 3 fully saturated rings. The fourth-order valence-electron chi connectivity index (χ4n) is 7.57. The van der Waals surface area contributed by atoms with E-state index in [0.717, 1.165) is 32.1 Å². The van der Waals surface area contributed by atoms with Gasteiger partial charge in [0, 0.05) is 24.2 Å². The highest BCUT2D eigenvalue weighted by atomic mass is 16.3. The highest BCUT2D eigenvalue weighted by Gasteiger charge is 2.63. The minimum absolute atomic E-state index is 0.130. The number of fused-ring (bicyclic) bond motifs is 5. The molecule has 0 aliphatic heterocycles. The number of hydrogen-bond donors (Lipinski definition) is 1. The molecule has 0 amide bonds. The lowest BCUT2D eigenvalue weighted by atomic mass is 9.44. The monoisotopic (exact) mass is 344 g/mol. The van der Waals surface area contributed by atoms with Crippen molar-refractivity contribution in [1.29, 1.82) is 0 Å². The zero-order valence-corrected chi connectivity index (χ0v) is 16.1. The van der Waals surface area contributed by atoms with Crippen molar-refractivity contribution in [3.05, 3.63) is 11.6 Å². The van der Waals surface area contributed by atoms with E-state index in [-0.39, 0.29) is 29.0 Å². The van der Waals surface area contributed by atoms with E-state index in [4.69, 9.17) is 0 Å². The number of carbonyl (C=O) groups is 2. The van der Waals surface area contributed by atoms with Gasteiger partial charge in [-0.05, 0) is 69.1 Å². The lowest BCUT2D eigenvalue weighted by molar-refractivity contribution is -0.156. The van der Waals surface area contributed by atoms with E-state index >= 15 is 0 Å². The molecule has 3 nitrogen and oxygen atoms in total. The average Bonchev–Trinajstić information content (AvgIpc) is 2.85. The Morgan fingerprint density at radius 1 is 1.16 bits per heavy atom. The number of Topliss-reactive ketones (excluding diaryl/α,β-unsaturated/α-hetero) is 2. The first-order chi connectivity index (χ1) is 11.6. The molecule has 25 heavy (non-hydrogen) atoms. The van der Waals surface area contributed by atoms with Crippen molar-refractivity contribution in [2.45, 2.75) is 78.2 Å². The summed E-state index contributed by atoms with van der Waals surface area (Å²) in [5, 5.41) is 11.3. The minimum atomic E-state index is -0.955. The molecule has 0 heterocycles. The Labute approximate surface area is 151 Å². The molecule has 4 rings (SSSR count). The van der Waals surface area contributed by atoms with Crippen molar-refractivity contribution in [1.82, 2.24) is 0 Å². The Kier molecular flexibility index (Phi) is 3.69. The van der Waals surface area contributed by atoms with Crippen molar-refractivity contribution in [2.24, 2.45) is 34.5 Å². The first-order valence-electron chi connectivity index (χ1n) is 10.1. The van der Waals surface area contributed by atoms with Gasteiger partial charge in [-0.3, -0.25) is 9.59 Å². The number of hydrogen-bond acceptors (Lipinski definition) is 3. The highest BCUT2D eigenvalue weighted by molar-refractivity contribution is 5.84. The van der Waals surface area contributed by atoms with Crippen molar-refractivity contribution in [3.63, 3.8) is 0 Å². The summed E-state index contributed by atoms with van der Waals surface area (Å²) in [6, 6.07) is 0. The van der Waals surface area contributed by atoms with Crippen LogP contribution in [0.2, 0.25) is 0 Å². The standard InChI is InChI=1S/C22H32O3/c1-13(23)17-7-8-18-16-6-5-14-11-15(24)12-21(3,25)22(14,4)19(16)9-10-20(17,18)2/h5,16-19,25H,6-12H2,1-4H3/t16-,17+,18-,19-,20+,21?,22-/m0/s1. The van der Waals surface area contributed by atoms with E-state index in [1.807, 2.05) is 6.92 Å². The van der Waals surface area contributed by atoms with Gasteiger partial charge in [-0.25, -0.2) is 0 Å². The van der Waals surface area contributed by atoms with Crippen LogP contribution in [0.1, 0.15) is 72.6 Å². The topological polar surface area (TPSA) is 54.4 Å². The van der Waals surface area contributed by atoms with E-state index in [1.165, 1.54) is 5.57 Å². The molecule has 4 aliphatic rings. The quantitative estimate of drug-likeness (QED) is 0.729. The Morgan fingerprint density at radius 2 is 1.88 bits per heavy atom. The molecule has 0 bridgehead atoms. The van der Waals surface area contributed by atoms with Gasteiger partial charge in [0.15, 0.2) is 0 Å². The van der Waals surface area contributed by atoms with Gasteiger partial charge in [0.25, 0.3) is 0 Å². The Bertz CT molecular complexity index is 660. The van der Waals surface area contributed by atoms with Gasteiger partial charge >= 0.3 is 0 Å². The zero-order valence-electron chi connectivity index (χ0n) is 16.1. The van der Waals surface area contributed by atoms with Crippen LogP contribution >= 0.6 is 0 Å². The lowest BCUT2D eigenvalue weighted by Gasteiger charge is -2.61. The Balaban J connectivity index is 1.74. The predicted molar refractivity (Wildman–Crippen MR) is 96.9 cm³/mol. The fourth-order valence-corrected chi connectivity index (χ4v) is 7.57. The molecule has 0 saturated heterocycles. The molecule has 1 unspecified atom stereocenters. The van der Waals surface area contributed by atoms with E-state index < -0.39 is 5.60 Å². The maximum Gasteiger partial charge on any atom is 0.139 e. The van der Waals surface area contributed by atoms with Gasteiger partial charge in [0.05, 0.1) is 5.60 Å². The van der Waals surface area contributed by atoms with Gasteiger partial charge in [-0.1, -0.05) is 25.5 Å². The molecule has 0 radical (unpaired) electrons. The van der Waals surface area contributed by atoms with Crippen molar-refractivity contribution in [3.8, 4) is 0 Å². The van der Waals surface area contributed by atoms with E-state index in [9.17, 15) is 14.7 Å². The second kappa shape index (κ2) is 5.28. The third-order valence-electron chi connectivity index (χ3n) is 9.02. The summed E-state index contributed by atoms with van der Waals surface area (Å²) in [4.78, 5) is 24.4. The van der Waals surface area contributed by atoms with Crippen LogP contribution in [0, 0.1) is 34.5 Å². The normalized spacial score (nSPS) is 52.0. The summed E-state index contributed by atoms with van der Waals surface area (Å²) in [7, 11) is 0. The third kappa shape index (κ3) is 2.14. The van der Waals surface area contributed by atoms with Crippen LogP contribution in [0.3, 0.4) is 0 Å². The van der Waals surface area contributed by atoms with Crippen LogP contribution < -0.4 is 0 Å². The molecule has 0 aromatic rings. The van der Waals surface area contributed by atoms with Crippen LogP contribution in [-0.2, 0) is 9.59 Å². The summed E-state index contributed by atoms with van der Waals surface area (Å²) in [6.07, 6.45) is 8.42. The number of ketones is 2. The zero-order chi connectivity index (χ0) is 18.2. The van der Waals surface area contributed by atoms with Gasteiger partial charge in [-0.15, -0.1) is 0 Å². The number of allylic oxidation sites excluding steroid dienone is 1. The van der Waals surface area contributed by atoms with Crippen molar-refractivity contribution in [2.75, 3.05) is 0 Å². The van der Waals surface area contributed by atoms with Crippen LogP contribution in [0.25, 0.3) is 0 Å². The maximum atomic E-state index is 12.2. The molecular weight excluding hydrogens is 312 g/mol. The van der Waals surface area contributed by atoms with Crippen LogP contribution in [-0.4, -0.2) is 22.3 Å². The summed E-state index contributed by atoms with van der Waals surface area (Å²) in [5.74, 6) is 2.28. The number of aliphatic hydroxyl groups is 1. The van der Waals surface area contributed by atoms with E-state index in [0.29, 0.717) is 30.0 Å². The molecule has 4 aliphatic carbocycles. The molecule has 0 aromatic carbocycles. The van der Waals surface area contributed by atoms with Crippen LogP contribution in [0.15, 0.2) is 11.6 Å². The lowest BCUT2D eigenvalue weighted by Crippen LogP contribution is -2.60. The van der Waals surface area contributed by atoms with Crippen LogP contribution in [0.4, 0.5) is 0 Å².